The molecule has 0 saturated carbocycles. The number of pyridine rings is 1. The van der Waals surface area contributed by atoms with Gasteiger partial charge in [0.25, 0.3) is 0 Å². The molecule has 0 aliphatic rings. The maximum absolute atomic E-state index is 12.9. The minimum absolute atomic E-state index is 0.654. The molecule has 0 radical (unpaired) electrons. The summed E-state index contributed by atoms with van der Waals surface area (Å²) in [5.74, 6) is -15.7. The lowest BCUT2D eigenvalue weighted by Crippen LogP contribution is -2.06. The average molecular weight is 243 g/mol. The van der Waals surface area contributed by atoms with Crippen LogP contribution in [0.15, 0.2) is 0 Å². The molecule has 0 bridgehead atoms. The Balaban J connectivity index is 3.15. The standard InChI is InChI=1S/C8F7N/c9-1-2(10)6-3(11)5(13)8(15)16(6)7(14)4(1)12. The first-order valence-corrected chi connectivity index (χ1v) is 3.74. The molecule has 16 heavy (non-hydrogen) atoms. The zero-order valence-corrected chi connectivity index (χ0v) is 7.09. The van der Waals surface area contributed by atoms with Crippen LogP contribution in [0.5, 0.6) is 0 Å². The van der Waals surface area contributed by atoms with Gasteiger partial charge in [-0.1, -0.05) is 0 Å². The van der Waals surface area contributed by atoms with Crippen molar-refractivity contribution in [2.45, 2.75) is 0 Å². The third kappa shape index (κ3) is 1.06. The molecule has 0 aromatic carbocycles. The lowest BCUT2D eigenvalue weighted by molar-refractivity contribution is 0.372. The third-order valence-electron chi connectivity index (χ3n) is 1.97. The van der Waals surface area contributed by atoms with Gasteiger partial charge in [-0.2, -0.15) is 17.6 Å². The van der Waals surface area contributed by atoms with E-state index in [0.717, 1.165) is 0 Å². The summed E-state index contributed by atoms with van der Waals surface area (Å²) in [5.41, 5.74) is -1.66. The number of hydrogen-bond acceptors (Lipinski definition) is 0. The molecule has 2 heterocycles. The van der Waals surface area contributed by atoms with Gasteiger partial charge in [-0.3, -0.25) is 4.40 Å². The van der Waals surface area contributed by atoms with E-state index in [1.54, 1.807) is 0 Å². The minimum Gasteiger partial charge on any atom is -0.251 e. The molecule has 0 saturated heterocycles. The molecule has 0 unspecified atom stereocenters. The molecule has 0 aliphatic heterocycles. The van der Waals surface area contributed by atoms with E-state index in [1.165, 1.54) is 0 Å². The Labute approximate surface area is 82.7 Å². The lowest BCUT2D eigenvalue weighted by atomic mass is 10.3. The third-order valence-corrected chi connectivity index (χ3v) is 1.97. The van der Waals surface area contributed by atoms with Gasteiger partial charge < -0.3 is 0 Å². The van der Waals surface area contributed by atoms with Crippen molar-refractivity contribution in [1.82, 2.24) is 4.40 Å². The Bertz CT molecular complexity index is 550. The number of hydrogen-bond donors (Lipinski definition) is 0. The van der Waals surface area contributed by atoms with Crippen LogP contribution < -0.4 is 0 Å². The second kappa shape index (κ2) is 3.13. The van der Waals surface area contributed by atoms with Gasteiger partial charge in [-0.15, -0.1) is 0 Å². The average Bonchev–Trinajstić information content (AvgIpc) is 2.48. The molecule has 0 fully saturated rings. The summed E-state index contributed by atoms with van der Waals surface area (Å²) in [4.78, 5) is 0. The summed E-state index contributed by atoms with van der Waals surface area (Å²) in [6, 6.07) is 0. The number of halogens is 7. The van der Waals surface area contributed by atoms with Crippen molar-refractivity contribution in [3.63, 3.8) is 0 Å². The molecule has 2 aromatic rings. The van der Waals surface area contributed by atoms with Crippen molar-refractivity contribution in [2.75, 3.05) is 0 Å². The fourth-order valence-corrected chi connectivity index (χ4v) is 1.26. The molecule has 0 amide bonds. The highest BCUT2D eigenvalue weighted by Crippen LogP contribution is 2.27. The summed E-state index contributed by atoms with van der Waals surface area (Å²) in [5, 5.41) is 0. The fraction of sp³-hybridized carbons (Fsp3) is 0. The highest BCUT2D eigenvalue weighted by molar-refractivity contribution is 5.52. The molecule has 0 aliphatic carbocycles. The van der Waals surface area contributed by atoms with E-state index >= 15 is 0 Å². The predicted octanol–water partition coefficient (Wildman–Crippen LogP) is 2.91. The summed E-state index contributed by atoms with van der Waals surface area (Å²) in [6.45, 7) is 0. The van der Waals surface area contributed by atoms with Crippen molar-refractivity contribution in [3.05, 3.63) is 41.0 Å². The second-order valence-corrected chi connectivity index (χ2v) is 2.84. The van der Waals surface area contributed by atoms with Crippen molar-refractivity contribution in [2.24, 2.45) is 0 Å². The van der Waals surface area contributed by atoms with Crippen LogP contribution in [0.4, 0.5) is 30.7 Å². The second-order valence-electron chi connectivity index (χ2n) is 2.84. The van der Waals surface area contributed by atoms with E-state index in [4.69, 9.17) is 0 Å². The quantitative estimate of drug-likeness (QED) is 0.495. The van der Waals surface area contributed by atoms with E-state index in [-0.39, 0.29) is 0 Å². The maximum atomic E-state index is 12.9. The van der Waals surface area contributed by atoms with Crippen LogP contribution >= 0.6 is 0 Å². The Morgan fingerprint density at radius 1 is 0.500 bits per heavy atom. The van der Waals surface area contributed by atoms with Crippen molar-refractivity contribution in [1.29, 1.82) is 0 Å². The van der Waals surface area contributed by atoms with Gasteiger partial charge in [0.1, 0.15) is 5.52 Å². The van der Waals surface area contributed by atoms with Gasteiger partial charge in [0.2, 0.25) is 29.3 Å². The van der Waals surface area contributed by atoms with Crippen LogP contribution in [0.25, 0.3) is 5.52 Å². The SMILES string of the molecule is Fc1c(F)c(F)n2c(F)c(F)c(F)c2c1F. The Hall–Kier alpha value is -1.73. The summed E-state index contributed by atoms with van der Waals surface area (Å²) in [6.07, 6.45) is 0. The number of rotatable bonds is 0. The van der Waals surface area contributed by atoms with E-state index < -0.39 is 50.9 Å². The maximum Gasteiger partial charge on any atom is 0.240 e. The van der Waals surface area contributed by atoms with Crippen molar-refractivity contribution >= 4 is 5.52 Å². The molecule has 2 aromatic heterocycles. The fourth-order valence-electron chi connectivity index (χ4n) is 1.26. The largest absolute Gasteiger partial charge is 0.251 e. The Morgan fingerprint density at radius 3 is 1.38 bits per heavy atom. The van der Waals surface area contributed by atoms with E-state index in [2.05, 4.69) is 0 Å². The first kappa shape index (κ1) is 10.8. The van der Waals surface area contributed by atoms with Gasteiger partial charge in [-0.05, 0) is 0 Å². The molecular formula is C8F7N. The van der Waals surface area contributed by atoms with E-state index in [1.807, 2.05) is 0 Å². The van der Waals surface area contributed by atoms with Crippen LogP contribution in [0, 0.1) is 41.0 Å². The van der Waals surface area contributed by atoms with Gasteiger partial charge >= 0.3 is 0 Å². The summed E-state index contributed by atoms with van der Waals surface area (Å²) >= 11 is 0. The van der Waals surface area contributed by atoms with Gasteiger partial charge in [0, 0.05) is 0 Å². The normalized spacial score (nSPS) is 11.4. The lowest BCUT2D eigenvalue weighted by Gasteiger charge is -2.02. The summed E-state index contributed by atoms with van der Waals surface area (Å²) < 4.78 is 88.7. The van der Waals surface area contributed by atoms with Crippen molar-refractivity contribution in [3.8, 4) is 0 Å². The van der Waals surface area contributed by atoms with E-state index in [9.17, 15) is 30.7 Å². The number of nitrogens with zero attached hydrogens (tertiary/aromatic N) is 1. The minimum atomic E-state index is -2.36. The molecule has 1 nitrogen and oxygen atoms in total. The Kier molecular flexibility index (Phi) is 2.11. The molecule has 0 atom stereocenters. The van der Waals surface area contributed by atoms with Gasteiger partial charge in [-0.25, -0.2) is 13.2 Å². The Morgan fingerprint density at radius 2 is 0.875 bits per heavy atom. The topological polar surface area (TPSA) is 4.41 Å². The molecule has 0 N–H and O–H groups in total. The van der Waals surface area contributed by atoms with Gasteiger partial charge in [0.15, 0.2) is 11.6 Å². The molecule has 2 rings (SSSR count). The molecule has 86 valence electrons. The highest BCUT2D eigenvalue weighted by atomic mass is 19.2. The first-order chi connectivity index (χ1) is 7.37. The van der Waals surface area contributed by atoms with Crippen LogP contribution in [0.1, 0.15) is 0 Å². The predicted molar refractivity (Wildman–Crippen MR) is 37.1 cm³/mol. The van der Waals surface area contributed by atoms with Crippen LogP contribution in [0.2, 0.25) is 0 Å². The summed E-state index contributed by atoms with van der Waals surface area (Å²) in [7, 11) is 0. The van der Waals surface area contributed by atoms with Crippen molar-refractivity contribution < 1.29 is 30.7 Å². The monoisotopic (exact) mass is 243 g/mol. The molecule has 8 heteroatoms. The van der Waals surface area contributed by atoms with E-state index in [0.29, 0.717) is 0 Å². The van der Waals surface area contributed by atoms with Crippen LogP contribution in [-0.2, 0) is 0 Å². The molecular weight excluding hydrogens is 243 g/mol. The van der Waals surface area contributed by atoms with Gasteiger partial charge in [0.05, 0.1) is 0 Å². The smallest absolute Gasteiger partial charge is 0.240 e. The highest BCUT2D eigenvalue weighted by Gasteiger charge is 2.30. The van der Waals surface area contributed by atoms with Crippen LogP contribution in [-0.4, -0.2) is 4.40 Å². The number of fused-ring (bicyclic) bond motifs is 1. The zero-order valence-electron chi connectivity index (χ0n) is 7.09. The molecule has 0 spiro atoms. The zero-order chi connectivity index (χ0) is 12.2. The van der Waals surface area contributed by atoms with Crippen LogP contribution in [0.3, 0.4) is 0 Å². The first-order valence-electron chi connectivity index (χ1n) is 3.74. The number of aromatic nitrogens is 1.